The van der Waals surface area contributed by atoms with E-state index in [-0.39, 0.29) is 5.91 Å². The first-order valence-electron chi connectivity index (χ1n) is 10.1. The highest BCUT2D eigenvalue weighted by Gasteiger charge is 2.23. The van der Waals surface area contributed by atoms with E-state index in [4.69, 9.17) is 21.4 Å². The molecule has 1 fully saturated rings. The number of hydrogen-bond acceptors (Lipinski definition) is 5. The van der Waals surface area contributed by atoms with Gasteiger partial charge in [0.15, 0.2) is 5.65 Å². The predicted molar refractivity (Wildman–Crippen MR) is 118 cm³/mol. The summed E-state index contributed by atoms with van der Waals surface area (Å²) in [4.78, 5) is 17.3. The Morgan fingerprint density at radius 2 is 2.23 bits per heavy atom. The fourth-order valence-electron chi connectivity index (χ4n) is 3.59. The van der Waals surface area contributed by atoms with Crippen LogP contribution in [0, 0.1) is 5.92 Å². The largest absolute Gasteiger partial charge is 0.496 e. The lowest BCUT2D eigenvalue weighted by Crippen LogP contribution is -2.12. The molecule has 0 atom stereocenters. The molecule has 1 aromatic carbocycles. The van der Waals surface area contributed by atoms with Crippen molar-refractivity contribution in [2.24, 2.45) is 5.92 Å². The van der Waals surface area contributed by atoms with Gasteiger partial charge in [0, 0.05) is 35.7 Å². The van der Waals surface area contributed by atoms with Crippen molar-refractivity contribution in [2.75, 3.05) is 12.4 Å². The van der Waals surface area contributed by atoms with E-state index >= 15 is 0 Å². The van der Waals surface area contributed by atoms with Crippen molar-refractivity contribution in [3.8, 4) is 17.0 Å². The maximum absolute atomic E-state index is 13.1. The van der Waals surface area contributed by atoms with Gasteiger partial charge in [-0.1, -0.05) is 24.4 Å². The molecule has 1 saturated carbocycles. The van der Waals surface area contributed by atoms with E-state index in [2.05, 4.69) is 15.4 Å². The molecule has 3 heterocycles. The predicted octanol–water partition coefficient (Wildman–Crippen LogP) is 4.31. The second-order valence-electron chi connectivity index (χ2n) is 7.63. The molecule has 1 N–H and O–H groups in total. The van der Waals surface area contributed by atoms with Crippen molar-refractivity contribution in [2.45, 2.75) is 25.8 Å². The molecule has 1 amide bonds. The fraction of sp³-hybridized carbons (Fsp3) is 0.273. The molecule has 8 nitrogen and oxygen atoms in total. The number of anilines is 1. The van der Waals surface area contributed by atoms with Crippen molar-refractivity contribution in [1.82, 2.24) is 24.4 Å². The zero-order chi connectivity index (χ0) is 21.4. The minimum atomic E-state index is -0.308. The molecule has 1 aliphatic rings. The third-order valence-electron chi connectivity index (χ3n) is 5.41. The third-order valence-corrected chi connectivity index (χ3v) is 5.65. The van der Waals surface area contributed by atoms with Crippen LogP contribution < -0.4 is 10.1 Å². The van der Waals surface area contributed by atoms with Crippen LogP contribution in [0.3, 0.4) is 0 Å². The van der Waals surface area contributed by atoms with E-state index in [9.17, 15) is 4.79 Å². The number of nitrogens with zero attached hydrogens (tertiary/aromatic N) is 5. The van der Waals surface area contributed by atoms with Crippen molar-refractivity contribution < 1.29 is 9.53 Å². The van der Waals surface area contributed by atoms with Gasteiger partial charge >= 0.3 is 0 Å². The summed E-state index contributed by atoms with van der Waals surface area (Å²) in [7, 11) is 1.60. The van der Waals surface area contributed by atoms with Crippen molar-refractivity contribution in [3.05, 3.63) is 59.6 Å². The molecule has 1 aliphatic carbocycles. The Morgan fingerprint density at radius 3 is 3.03 bits per heavy atom. The number of hydrogen-bond donors (Lipinski definition) is 1. The van der Waals surface area contributed by atoms with Crippen LogP contribution in [-0.2, 0) is 6.54 Å². The monoisotopic (exact) mass is 436 g/mol. The Kier molecular flexibility index (Phi) is 5.07. The van der Waals surface area contributed by atoms with E-state index in [1.807, 2.05) is 10.9 Å². The van der Waals surface area contributed by atoms with Crippen LogP contribution in [0.25, 0.3) is 16.9 Å². The number of rotatable bonds is 7. The summed E-state index contributed by atoms with van der Waals surface area (Å²) in [6.07, 6.45) is 10.4. The van der Waals surface area contributed by atoms with E-state index < -0.39 is 0 Å². The number of carbonyl (C=O) groups is 1. The highest BCUT2D eigenvalue weighted by Crippen LogP contribution is 2.37. The maximum atomic E-state index is 13.1. The quantitative estimate of drug-likeness (QED) is 0.466. The summed E-state index contributed by atoms with van der Waals surface area (Å²) in [5.74, 6) is 1.10. The number of benzene rings is 1. The highest BCUT2D eigenvalue weighted by molar-refractivity contribution is 6.31. The van der Waals surface area contributed by atoms with Gasteiger partial charge in [-0.25, -0.2) is 9.50 Å². The summed E-state index contributed by atoms with van der Waals surface area (Å²) >= 11 is 6.25. The number of halogens is 1. The first kappa shape index (κ1) is 19.6. The molecule has 3 aromatic heterocycles. The van der Waals surface area contributed by atoms with Crippen molar-refractivity contribution in [1.29, 1.82) is 0 Å². The average Bonchev–Trinajstić information content (AvgIpc) is 3.37. The summed E-state index contributed by atoms with van der Waals surface area (Å²) in [5.41, 5.74) is 2.77. The summed E-state index contributed by atoms with van der Waals surface area (Å²) in [6, 6.07) is 7.11. The number of methoxy groups -OCH3 is 1. The molecule has 0 bridgehead atoms. The molecule has 0 spiro atoms. The maximum Gasteiger partial charge on any atom is 0.261 e. The Bertz CT molecular complexity index is 1260. The number of aromatic nitrogens is 5. The third kappa shape index (κ3) is 3.98. The Balaban J connectivity index is 1.52. The van der Waals surface area contributed by atoms with E-state index in [0.717, 1.165) is 18.9 Å². The molecule has 0 radical (unpaired) electrons. The number of carbonyl (C=O) groups excluding carboxylic acids is 1. The van der Waals surface area contributed by atoms with Gasteiger partial charge in [-0.3, -0.25) is 9.48 Å². The number of fused-ring (bicyclic) bond motifs is 1. The van der Waals surface area contributed by atoms with Crippen LogP contribution in [-0.4, -0.2) is 37.4 Å². The van der Waals surface area contributed by atoms with Gasteiger partial charge in [-0.05, 0) is 36.6 Å². The summed E-state index contributed by atoms with van der Waals surface area (Å²) in [6.45, 7) is 0.786. The highest BCUT2D eigenvalue weighted by atomic mass is 35.5. The first-order chi connectivity index (χ1) is 15.1. The smallest absolute Gasteiger partial charge is 0.261 e. The van der Waals surface area contributed by atoms with Crippen LogP contribution in [0.2, 0.25) is 5.02 Å². The first-order valence-corrected chi connectivity index (χ1v) is 10.5. The lowest BCUT2D eigenvalue weighted by Gasteiger charge is -2.09. The molecule has 4 aromatic rings. The van der Waals surface area contributed by atoms with Gasteiger partial charge < -0.3 is 10.1 Å². The molecule has 31 heavy (non-hydrogen) atoms. The number of aryl methyl sites for hydroxylation is 1. The molecule has 5 rings (SSSR count). The summed E-state index contributed by atoms with van der Waals surface area (Å²) in [5, 5.41) is 12.5. The standard InChI is InChI=1S/C22H21ClN6O2/c1-31-19-6-5-15(23)11-16(19)20-18(13-28(27-20)10-7-14-3-4-14)26-22(30)17-12-25-29-9-2-8-24-21(17)29/h2,5-6,8-9,11-14H,3-4,7,10H2,1H3,(H,26,30). The molecule has 158 valence electrons. The van der Waals surface area contributed by atoms with Gasteiger partial charge in [0.25, 0.3) is 5.91 Å². The van der Waals surface area contributed by atoms with Crippen molar-refractivity contribution >= 4 is 28.8 Å². The Hall–Kier alpha value is -3.39. The molecular weight excluding hydrogens is 416 g/mol. The van der Waals surface area contributed by atoms with Crippen LogP contribution in [0.1, 0.15) is 29.6 Å². The number of amides is 1. The van der Waals surface area contributed by atoms with Crippen LogP contribution in [0.5, 0.6) is 5.75 Å². The van der Waals surface area contributed by atoms with E-state index in [1.165, 1.54) is 19.0 Å². The number of nitrogens with one attached hydrogen (secondary N) is 1. The minimum Gasteiger partial charge on any atom is -0.496 e. The van der Waals surface area contributed by atoms with Crippen LogP contribution in [0.15, 0.2) is 49.1 Å². The molecular formula is C22H21ClN6O2. The molecule has 0 unspecified atom stereocenters. The van der Waals surface area contributed by atoms with Gasteiger partial charge in [0.1, 0.15) is 17.0 Å². The zero-order valence-electron chi connectivity index (χ0n) is 17.0. The van der Waals surface area contributed by atoms with Gasteiger partial charge in [-0.2, -0.15) is 10.2 Å². The van der Waals surface area contributed by atoms with E-state index in [1.54, 1.807) is 48.3 Å². The molecule has 9 heteroatoms. The van der Waals surface area contributed by atoms with Crippen LogP contribution >= 0.6 is 11.6 Å². The fourth-order valence-corrected chi connectivity index (χ4v) is 3.76. The minimum absolute atomic E-state index is 0.308. The lowest BCUT2D eigenvalue weighted by atomic mass is 10.1. The average molecular weight is 437 g/mol. The second kappa shape index (κ2) is 8.03. The second-order valence-corrected chi connectivity index (χ2v) is 8.07. The molecule has 0 saturated heterocycles. The van der Waals surface area contributed by atoms with Gasteiger partial charge in [-0.15, -0.1) is 0 Å². The molecule has 0 aliphatic heterocycles. The Labute approximate surface area is 183 Å². The van der Waals surface area contributed by atoms with Gasteiger partial charge in [0.05, 0.1) is 19.0 Å². The van der Waals surface area contributed by atoms with Crippen molar-refractivity contribution in [3.63, 3.8) is 0 Å². The topological polar surface area (TPSA) is 86.3 Å². The SMILES string of the molecule is COc1ccc(Cl)cc1-c1nn(CCC2CC2)cc1NC(=O)c1cnn2cccnc12. The van der Waals surface area contributed by atoms with E-state index in [0.29, 0.717) is 38.9 Å². The zero-order valence-corrected chi connectivity index (χ0v) is 17.7. The normalized spacial score (nSPS) is 13.5. The number of ether oxygens (including phenoxy) is 1. The summed E-state index contributed by atoms with van der Waals surface area (Å²) < 4.78 is 8.96. The lowest BCUT2D eigenvalue weighted by molar-refractivity contribution is 0.102. The van der Waals surface area contributed by atoms with Crippen LogP contribution in [0.4, 0.5) is 5.69 Å². The van der Waals surface area contributed by atoms with Gasteiger partial charge in [0.2, 0.25) is 0 Å². The Morgan fingerprint density at radius 1 is 1.35 bits per heavy atom.